The van der Waals surface area contributed by atoms with Gasteiger partial charge in [-0.05, 0) is 159 Å². The molecule has 2 aliphatic carbocycles. The molecule has 1 aromatic heterocycles. The zero-order valence-corrected chi connectivity index (χ0v) is 65.0. The maximum Gasteiger partial charge on any atom is 0.501 e. The average Bonchev–Trinajstić information content (AvgIpc) is 1.76. The van der Waals surface area contributed by atoms with Crippen molar-refractivity contribution in [3.63, 3.8) is 0 Å². The van der Waals surface area contributed by atoms with Crippen molar-refractivity contribution < 1.29 is 63.5 Å². The van der Waals surface area contributed by atoms with E-state index in [0.29, 0.717) is 120 Å². The quantitative estimate of drug-likeness (QED) is 0.0166. The summed E-state index contributed by atoms with van der Waals surface area (Å²) in [5, 5.41) is 20.1. The summed E-state index contributed by atoms with van der Waals surface area (Å²) in [7, 11) is -11.2. The number of sulfone groups is 1. The number of likely N-dealkylation sites (tertiary alicyclic amines) is 1. The van der Waals surface area contributed by atoms with E-state index in [2.05, 4.69) is 35.6 Å². The van der Waals surface area contributed by atoms with Gasteiger partial charge in [0.25, 0.3) is 25.8 Å². The molecule has 1 saturated carbocycles. The van der Waals surface area contributed by atoms with Crippen molar-refractivity contribution in [3.05, 3.63) is 160 Å². The van der Waals surface area contributed by atoms with Gasteiger partial charge in [-0.15, -0.1) is 23.1 Å². The highest BCUT2D eigenvalue weighted by Crippen LogP contribution is 2.59. The fourth-order valence-electron chi connectivity index (χ4n) is 14.7. The summed E-state index contributed by atoms with van der Waals surface area (Å²) in [4.78, 5) is 82.4. The maximum absolute atomic E-state index is 15.2. The number of piperazine rings is 2. The second-order valence-corrected chi connectivity index (χ2v) is 36.0. The number of carbonyl (C=O) groups excluding carboxylic acids is 5. The third-order valence-electron chi connectivity index (χ3n) is 21.2. The van der Waals surface area contributed by atoms with Gasteiger partial charge in [0.1, 0.15) is 22.8 Å². The van der Waals surface area contributed by atoms with Crippen LogP contribution < -0.4 is 25.6 Å². The van der Waals surface area contributed by atoms with Gasteiger partial charge in [0, 0.05) is 130 Å². The Morgan fingerprint density at radius 2 is 1.48 bits per heavy atom. The minimum Gasteiger partial charge on any atom is -0.391 e. The molecule has 5 atom stereocenters. The third kappa shape index (κ3) is 20.5. The summed E-state index contributed by atoms with van der Waals surface area (Å²) in [5.74, 6) is -2.36. The number of amides is 5. The third-order valence-corrected chi connectivity index (χ3v) is 26.4. The number of thioether (sulfide) groups is 1. The molecule has 29 heteroatoms. The molecule has 6 aromatic rings. The molecule has 4 heterocycles. The van der Waals surface area contributed by atoms with Crippen LogP contribution in [0.4, 0.5) is 28.9 Å². The Bertz CT molecular complexity index is 4430. The molecule has 0 bridgehead atoms. The number of β-amino-alcohol motifs (C(OH)–C–C–N with tert-alkyl or cyclic N) is 1. The number of nitrogens with zero attached hydrogens (tertiary/aromatic N) is 6. The van der Waals surface area contributed by atoms with E-state index >= 15 is 4.39 Å². The van der Waals surface area contributed by atoms with Crippen LogP contribution in [0, 0.1) is 23.6 Å². The first-order valence-corrected chi connectivity index (χ1v) is 41.8. The number of halogens is 5. The van der Waals surface area contributed by atoms with Crippen molar-refractivity contribution in [1.82, 2.24) is 39.9 Å². The monoisotopic (exact) mass is 1570 g/mol. The van der Waals surface area contributed by atoms with E-state index in [4.69, 9.17) is 11.6 Å². The lowest BCUT2D eigenvalue weighted by Crippen LogP contribution is -2.57. The number of carbonyl (C=O) groups is 5. The molecule has 5 amide bonds. The van der Waals surface area contributed by atoms with E-state index in [1.165, 1.54) is 53.3 Å². The SMILES string of the molecule is Cc1ncsc1-c1ccc([C@H](C)NC(=O)[C@@H]2C[C@@H](O)CN2C(=O)[C@@H](NC(=O)CCCCCCC(=O)N2CCN(CC[C@H](CSc3ccccc3)Nc3ccc(S(=O)(=O)NC(=O)c4ccc(N5CCN(CC6=C(c7ccc(Cl)cc7F)CCC7(CC7)C6)CC5)cc4)cc3S(=O)(=O)C(F)(F)F)CC2)C(C)(C)C)cc1. The van der Waals surface area contributed by atoms with Crippen LogP contribution in [0.1, 0.15) is 144 Å². The normalized spacial score (nSPS) is 19.0. The van der Waals surface area contributed by atoms with Crippen molar-refractivity contribution in [3.8, 4) is 10.4 Å². The van der Waals surface area contributed by atoms with Crippen LogP contribution >= 0.6 is 34.7 Å². The molecule has 0 unspecified atom stereocenters. The highest BCUT2D eigenvalue weighted by atomic mass is 35.5. The van der Waals surface area contributed by atoms with Crippen molar-refractivity contribution in [1.29, 1.82) is 0 Å². The molecule has 11 rings (SSSR count). The molecule has 1 spiro atoms. The number of alkyl halides is 3. The number of rotatable bonds is 29. The number of sulfonamides is 1. The molecule has 20 nitrogen and oxygen atoms in total. The molecule has 5 N–H and O–H groups in total. The summed E-state index contributed by atoms with van der Waals surface area (Å²) < 4.78 is 116. The number of unbranched alkanes of at least 4 members (excludes halogenated alkanes) is 3. The van der Waals surface area contributed by atoms with Crippen LogP contribution in [0.5, 0.6) is 0 Å². The Morgan fingerprint density at radius 3 is 2.12 bits per heavy atom. The van der Waals surface area contributed by atoms with Crippen LogP contribution in [0.25, 0.3) is 16.0 Å². The number of benzene rings is 5. The highest BCUT2D eigenvalue weighted by Gasteiger charge is 2.50. The molecule has 5 aromatic carbocycles. The van der Waals surface area contributed by atoms with Gasteiger partial charge in [-0.25, -0.2) is 30.9 Å². The maximum atomic E-state index is 15.2. The minimum absolute atomic E-state index is 0.0299. The first-order chi connectivity index (χ1) is 50.8. The molecule has 4 fully saturated rings. The lowest BCUT2D eigenvalue weighted by atomic mass is 9.78. The Labute approximate surface area is 637 Å². The second kappa shape index (κ2) is 34.6. The number of allylic oxidation sites excluding steroid dienone is 1. The summed E-state index contributed by atoms with van der Waals surface area (Å²) in [5.41, 5.74) is 1.51. The molecule has 3 saturated heterocycles. The lowest BCUT2D eigenvalue weighted by molar-refractivity contribution is -0.144. The first kappa shape index (κ1) is 80.6. The predicted octanol–water partition coefficient (Wildman–Crippen LogP) is 12.7. The standard InChI is InChI=1S/C78H95ClF4N10O10S4/c1-51(53-17-19-54(20-18-53)71-52(2)84-50-105-71)85-74(98)67-44-60(94)48-93(67)75(99)72(76(3,4)5)87-69(95)15-11-6-7-12-16-70(96)92-41-35-89(36-42-92)34-30-58(49-104-61-13-9-8-10-14-61)86-66-28-26-62(45-68(66)106(100,101)78(81,82)83)107(102,103)88-73(97)55-21-24-59(25-22-55)91-39-37-90(38-40-91)47-56-46-77(32-33-77)31-29-63(56)64-27-23-57(79)43-65(64)80/h8-10,13-14,17-28,43,45,50-51,58,60,67,72,86,94H,6-7,11-12,15-16,29-42,44,46-49H2,1-5H3,(H,85,98)(H,87,95)(H,88,97)/t51-,58+,60+,67-,72+/m0/s1. The van der Waals surface area contributed by atoms with Crippen molar-refractivity contribution in [2.45, 2.75) is 169 Å². The van der Waals surface area contributed by atoms with Crippen LogP contribution in [0.15, 0.2) is 141 Å². The summed E-state index contributed by atoms with van der Waals surface area (Å²) in [6.45, 7) is 14.9. The number of aliphatic hydroxyl groups excluding tert-OH is 1. The van der Waals surface area contributed by atoms with Gasteiger partial charge in [0.15, 0.2) is 0 Å². The van der Waals surface area contributed by atoms with Crippen LogP contribution in [0.2, 0.25) is 5.02 Å². The average molecular weight is 1570 g/mol. The predicted molar refractivity (Wildman–Crippen MR) is 410 cm³/mol. The largest absolute Gasteiger partial charge is 0.501 e. The van der Waals surface area contributed by atoms with E-state index in [1.807, 2.05) is 93.9 Å². The van der Waals surface area contributed by atoms with Gasteiger partial charge in [-0.3, -0.25) is 33.8 Å². The number of nitrogens with one attached hydrogen (secondary N) is 4. The van der Waals surface area contributed by atoms with Crippen LogP contribution in [-0.2, 0) is 39.0 Å². The van der Waals surface area contributed by atoms with Gasteiger partial charge in [-0.2, -0.15) is 13.2 Å². The topological polar surface area (TPSA) is 251 Å². The molecular weight excluding hydrogens is 1480 g/mol. The van der Waals surface area contributed by atoms with E-state index < -0.39 is 94.3 Å². The van der Waals surface area contributed by atoms with Crippen molar-refractivity contribution in [2.24, 2.45) is 10.8 Å². The van der Waals surface area contributed by atoms with Crippen molar-refractivity contribution in [2.75, 3.05) is 88.0 Å². The number of aromatic nitrogens is 1. The number of aryl methyl sites for hydroxylation is 1. The van der Waals surface area contributed by atoms with Gasteiger partial charge >= 0.3 is 5.51 Å². The summed E-state index contributed by atoms with van der Waals surface area (Å²) >= 11 is 9.04. The Hall–Kier alpha value is -7.44. The molecule has 3 aliphatic heterocycles. The van der Waals surface area contributed by atoms with Crippen LogP contribution in [-0.4, -0.2) is 184 Å². The van der Waals surface area contributed by atoms with Gasteiger partial charge in [0.05, 0.1) is 38.8 Å². The van der Waals surface area contributed by atoms with E-state index in [1.54, 1.807) is 46.0 Å². The smallest absolute Gasteiger partial charge is 0.391 e. The summed E-state index contributed by atoms with van der Waals surface area (Å²) in [6.07, 6.45) is 7.41. The number of thiazole rings is 1. The lowest BCUT2D eigenvalue weighted by Gasteiger charge is -2.38. The fourth-order valence-corrected chi connectivity index (χ4v) is 18.7. The molecule has 576 valence electrons. The fraction of sp³-hybridized carbons (Fsp3) is 0.487. The van der Waals surface area contributed by atoms with Gasteiger partial charge in [0.2, 0.25) is 23.6 Å². The van der Waals surface area contributed by atoms with Gasteiger partial charge < -0.3 is 35.8 Å². The zero-order chi connectivity index (χ0) is 76.6. The first-order valence-electron chi connectivity index (χ1n) is 36.6. The van der Waals surface area contributed by atoms with E-state index in [-0.39, 0.29) is 54.8 Å². The number of anilines is 2. The number of hydrogen-bond acceptors (Lipinski definition) is 17. The number of hydrogen-bond donors (Lipinski definition) is 5. The molecule has 0 radical (unpaired) electrons. The number of aliphatic hydroxyl groups is 1. The minimum atomic E-state index is -6.19. The van der Waals surface area contributed by atoms with Gasteiger partial charge in [-0.1, -0.05) is 99.3 Å². The molecule has 107 heavy (non-hydrogen) atoms. The zero-order valence-electron chi connectivity index (χ0n) is 60.9. The second-order valence-electron chi connectivity index (χ2n) is 30.0. The van der Waals surface area contributed by atoms with Crippen LogP contribution in [0.3, 0.4) is 0 Å². The Kier molecular flexibility index (Phi) is 26.1. The molecular formula is C78H95ClF4N10O10S4. The molecule has 5 aliphatic rings. The Balaban J connectivity index is 0.634. The van der Waals surface area contributed by atoms with E-state index in [0.717, 1.165) is 69.2 Å². The van der Waals surface area contributed by atoms with E-state index in [9.17, 15) is 59.1 Å². The highest BCUT2D eigenvalue weighted by molar-refractivity contribution is 7.99. The van der Waals surface area contributed by atoms with Crippen molar-refractivity contribution >= 4 is 101 Å². The Morgan fingerprint density at radius 1 is 0.794 bits per heavy atom. The summed E-state index contributed by atoms with van der Waals surface area (Å²) in [6, 6.07) is 27.5.